The summed E-state index contributed by atoms with van der Waals surface area (Å²) in [5.74, 6) is 0.911. The highest BCUT2D eigenvalue weighted by molar-refractivity contribution is 5.88. The first-order valence-corrected chi connectivity index (χ1v) is 9.11. The molecule has 1 aliphatic rings. The van der Waals surface area contributed by atoms with Gasteiger partial charge in [-0.25, -0.2) is 0 Å². The van der Waals surface area contributed by atoms with E-state index in [0.29, 0.717) is 31.2 Å². The first-order chi connectivity index (χ1) is 13.6. The summed E-state index contributed by atoms with van der Waals surface area (Å²) >= 11 is 0. The Labute approximate surface area is 162 Å². The number of hydrogen-bond donors (Lipinski definition) is 2. The molecule has 2 aromatic heterocycles. The molecule has 1 aliphatic heterocycles. The molecule has 1 saturated heterocycles. The third kappa shape index (κ3) is 4.08. The molecule has 8 nitrogen and oxygen atoms in total. The fraction of sp³-hybridized carbons (Fsp3) is 0.300. The number of aliphatic hydroxyl groups excluding tert-OH is 1. The highest BCUT2D eigenvalue weighted by atomic mass is 16.5. The Morgan fingerprint density at radius 1 is 1.25 bits per heavy atom. The zero-order valence-corrected chi connectivity index (χ0v) is 15.4. The molecule has 0 bridgehead atoms. The van der Waals surface area contributed by atoms with Crippen molar-refractivity contribution in [1.82, 2.24) is 20.0 Å². The highest BCUT2D eigenvalue weighted by Gasteiger charge is 2.35. The number of pyridine rings is 1. The van der Waals surface area contributed by atoms with Crippen LogP contribution in [-0.2, 0) is 11.3 Å². The molecular weight excluding hydrogens is 358 g/mol. The Balaban J connectivity index is 1.50. The van der Waals surface area contributed by atoms with Gasteiger partial charge in [-0.05, 0) is 36.2 Å². The van der Waals surface area contributed by atoms with E-state index in [9.17, 15) is 9.90 Å². The number of hydrogen-bond acceptors (Lipinski definition) is 7. The monoisotopic (exact) mass is 379 g/mol. The summed E-state index contributed by atoms with van der Waals surface area (Å²) in [7, 11) is 0. The number of aliphatic hydroxyl groups is 1. The first-order valence-electron chi connectivity index (χ1n) is 9.11. The number of aromatic nitrogens is 3. The quantitative estimate of drug-likeness (QED) is 0.701. The minimum absolute atomic E-state index is 0.100. The molecule has 0 radical (unpaired) electrons. The molecule has 2 N–H and O–H groups in total. The summed E-state index contributed by atoms with van der Waals surface area (Å²) in [5.41, 5.74) is 2.67. The zero-order valence-electron chi connectivity index (χ0n) is 15.4. The van der Waals surface area contributed by atoms with Crippen molar-refractivity contribution in [3.63, 3.8) is 0 Å². The molecule has 0 unspecified atom stereocenters. The van der Waals surface area contributed by atoms with Gasteiger partial charge in [-0.1, -0.05) is 17.3 Å². The van der Waals surface area contributed by atoms with Crippen LogP contribution >= 0.6 is 0 Å². The summed E-state index contributed by atoms with van der Waals surface area (Å²) < 4.78 is 5.50. The largest absolute Gasteiger partial charge is 0.392 e. The lowest BCUT2D eigenvalue weighted by atomic mass is 10.1. The number of carbonyl (C=O) groups excluding carboxylic acids is 1. The van der Waals surface area contributed by atoms with Crippen molar-refractivity contribution in [2.75, 3.05) is 11.9 Å². The molecule has 144 valence electrons. The predicted octanol–water partition coefficient (Wildman–Crippen LogP) is 2.40. The fourth-order valence-electron chi connectivity index (χ4n) is 3.43. The molecule has 3 heterocycles. The van der Waals surface area contributed by atoms with Crippen LogP contribution in [0.2, 0.25) is 0 Å². The molecule has 1 fully saturated rings. The van der Waals surface area contributed by atoms with Crippen LogP contribution in [0.1, 0.15) is 30.8 Å². The minimum atomic E-state index is -0.445. The molecule has 4 rings (SSSR count). The van der Waals surface area contributed by atoms with E-state index in [1.165, 1.54) is 6.92 Å². The number of amides is 1. The molecule has 0 aliphatic carbocycles. The molecule has 0 spiro atoms. The van der Waals surface area contributed by atoms with Gasteiger partial charge in [0.1, 0.15) is 0 Å². The molecule has 28 heavy (non-hydrogen) atoms. The summed E-state index contributed by atoms with van der Waals surface area (Å²) in [6.07, 6.45) is 3.46. The SMILES string of the molecule is CC(=O)Nc1ccc(CN2C[C@H](O)C[C@H]2c2nc(-c3ccncc3)no2)cc1. The third-order valence-electron chi connectivity index (χ3n) is 4.71. The average Bonchev–Trinajstić information content (AvgIpc) is 3.30. The predicted molar refractivity (Wildman–Crippen MR) is 102 cm³/mol. The second-order valence-electron chi connectivity index (χ2n) is 6.90. The molecule has 1 amide bonds. The lowest BCUT2D eigenvalue weighted by Crippen LogP contribution is -2.24. The van der Waals surface area contributed by atoms with Crippen molar-refractivity contribution in [2.45, 2.75) is 32.0 Å². The van der Waals surface area contributed by atoms with E-state index in [-0.39, 0.29) is 11.9 Å². The Bertz CT molecular complexity index is 942. The van der Waals surface area contributed by atoms with Crippen LogP contribution in [0.5, 0.6) is 0 Å². The van der Waals surface area contributed by atoms with Gasteiger partial charge in [-0.3, -0.25) is 14.7 Å². The summed E-state index contributed by atoms with van der Waals surface area (Å²) in [4.78, 5) is 21.8. The van der Waals surface area contributed by atoms with E-state index >= 15 is 0 Å². The van der Waals surface area contributed by atoms with Crippen LogP contribution in [0, 0.1) is 0 Å². The third-order valence-corrected chi connectivity index (χ3v) is 4.71. The lowest BCUT2D eigenvalue weighted by Gasteiger charge is -2.21. The van der Waals surface area contributed by atoms with E-state index < -0.39 is 6.10 Å². The Morgan fingerprint density at radius 2 is 2.00 bits per heavy atom. The van der Waals surface area contributed by atoms with Gasteiger partial charge in [0.2, 0.25) is 17.6 Å². The van der Waals surface area contributed by atoms with Gasteiger partial charge in [0, 0.05) is 43.7 Å². The van der Waals surface area contributed by atoms with Gasteiger partial charge in [0.15, 0.2) is 0 Å². The van der Waals surface area contributed by atoms with Gasteiger partial charge in [-0.2, -0.15) is 4.98 Å². The van der Waals surface area contributed by atoms with Crippen LogP contribution in [0.3, 0.4) is 0 Å². The maximum Gasteiger partial charge on any atom is 0.244 e. The molecule has 8 heteroatoms. The number of nitrogens with one attached hydrogen (secondary N) is 1. The number of carbonyl (C=O) groups is 1. The number of nitrogens with zero attached hydrogens (tertiary/aromatic N) is 4. The molecule has 1 aromatic carbocycles. The zero-order chi connectivity index (χ0) is 19.5. The Hall–Kier alpha value is -3.10. The minimum Gasteiger partial charge on any atom is -0.392 e. The van der Waals surface area contributed by atoms with Crippen LogP contribution in [0.4, 0.5) is 5.69 Å². The number of β-amino-alcohol motifs (C(OH)–C–C–N with tert-alkyl or cyclic N) is 1. The lowest BCUT2D eigenvalue weighted by molar-refractivity contribution is -0.114. The maximum absolute atomic E-state index is 11.1. The number of benzene rings is 1. The van der Waals surface area contributed by atoms with E-state index in [1.807, 2.05) is 36.4 Å². The number of rotatable bonds is 5. The van der Waals surface area contributed by atoms with Crippen molar-refractivity contribution in [3.8, 4) is 11.4 Å². The van der Waals surface area contributed by atoms with Crippen molar-refractivity contribution < 1.29 is 14.4 Å². The maximum atomic E-state index is 11.1. The van der Waals surface area contributed by atoms with Crippen LogP contribution < -0.4 is 5.32 Å². The second kappa shape index (κ2) is 7.87. The topological polar surface area (TPSA) is 104 Å². The standard InChI is InChI=1S/C20H21N5O3/c1-13(26)22-16-4-2-14(3-5-16)11-25-12-17(27)10-18(25)20-23-19(24-28-20)15-6-8-21-9-7-15/h2-9,17-18,27H,10-12H2,1H3,(H,22,26)/t17-,18+/m1/s1. The summed E-state index contributed by atoms with van der Waals surface area (Å²) in [6, 6.07) is 11.2. The van der Waals surface area contributed by atoms with Gasteiger partial charge >= 0.3 is 0 Å². The van der Waals surface area contributed by atoms with E-state index in [2.05, 4.69) is 25.3 Å². The smallest absolute Gasteiger partial charge is 0.244 e. The van der Waals surface area contributed by atoms with Crippen molar-refractivity contribution in [1.29, 1.82) is 0 Å². The van der Waals surface area contributed by atoms with Crippen LogP contribution in [0.15, 0.2) is 53.3 Å². The normalized spacial score (nSPS) is 19.6. The van der Waals surface area contributed by atoms with Crippen molar-refractivity contribution in [2.24, 2.45) is 0 Å². The van der Waals surface area contributed by atoms with Crippen molar-refractivity contribution >= 4 is 11.6 Å². The summed E-state index contributed by atoms with van der Waals surface area (Å²) in [5, 5.41) is 17.0. The fourth-order valence-corrected chi connectivity index (χ4v) is 3.43. The van der Waals surface area contributed by atoms with Gasteiger partial charge in [0.25, 0.3) is 0 Å². The van der Waals surface area contributed by atoms with Gasteiger partial charge in [-0.15, -0.1) is 0 Å². The second-order valence-corrected chi connectivity index (χ2v) is 6.90. The Morgan fingerprint density at radius 3 is 2.71 bits per heavy atom. The highest BCUT2D eigenvalue weighted by Crippen LogP contribution is 2.33. The van der Waals surface area contributed by atoms with E-state index in [1.54, 1.807) is 12.4 Å². The Kier molecular flexibility index (Phi) is 5.14. The molecule has 3 aromatic rings. The molecular formula is C20H21N5O3. The van der Waals surface area contributed by atoms with Gasteiger partial charge < -0.3 is 14.9 Å². The van der Waals surface area contributed by atoms with E-state index in [0.717, 1.165) is 16.8 Å². The molecule has 2 atom stereocenters. The number of likely N-dealkylation sites (tertiary alicyclic amines) is 1. The van der Waals surface area contributed by atoms with Crippen molar-refractivity contribution in [3.05, 3.63) is 60.2 Å². The van der Waals surface area contributed by atoms with Crippen LogP contribution in [-0.4, -0.2) is 43.7 Å². The summed E-state index contributed by atoms with van der Waals surface area (Å²) in [6.45, 7) is 2.65. The van der Waals surface area contributed by atoms with E-state index in [4.69, 9.17) is 4.52 Å². The average molecular weight is 379 g/mol. The first kappa shape index (κ1) is 18.3. The van der Waals surface area contributed by atoms with Gasteiger partial charge in [0.05, 0.1) is 12.1 Å². The molecule has 0 saturated carbocycles. The van der Waals surface area contributed by atoms with Crippen LogP contribution in [0.25, 0.3) is 11.4 Å². The number of anilines is 1.